The van der Waals surface area contributed by atoms with E-state index in [0.717, 1.165) is 61.5 Å². The van der Waals surface area contributed by atoms with Crippen molar-refractivity contribution in [3.8, 4) is 5.75 Å². The summed E-state index contributed by atoms with van der Waals surface area (Å²) in [5, 5.41) is 3.24. The zero-order valence-corrected chi connectivity index (χ0v) is 16.8. The predicted octanol–water partition coefficient (Wildman–Crippen LogP) is 6.19. The third kappa shape index (κ3) is 4.33. The first-order valence-electron chi connectivity index (χ1n) is 11.2. The van der Waals surface area contributed by atoms with Crippen molar-refractivity contribution < 1.29 is 9.53 Å². The van der Waals surface area contributed by atoms with Crippen molar-refractivity contribution in [2.24, 2.45) is 23.2 Å². The maximum absolute atomic E-state index is 13.2. The van der Waals surface area contributed by atoms with E-state index in [1.165, 1.54) is 44.9 Å². The van der Waals surface area contributed by atoms with Gasteiger partial charge in [-0.15, -0.1) is 0 Å². The van der Waals surface area contributed by atoms with Gasteiger partial charge in [0, 0.05) is 11.8 Å². The van der Waals surface area contributed by atoms with Gasteiger partial charge in [0.15, 0.2) is 0 Å². The lowest BCUT2D eigenvalue weighted by molar-refractivity contribution is -0.140. The van der Waals surface area contributed by atoms with Crippen LogP contribution in [-0.4, -0.2) is 12.5 Å². The van der Waals surface area contributed by atoms with E-state index in [1.807, 2.05) is 24.3 Å². The fourth-order valence-electron chi connectivity index (χ4n) is 6.21. The fourth-order valence-corrected chi connectivity index (χ4v) is 6.21. The first kappa shape index (κ1) is 18.8. The Hall–Kier alpha value is -1.51. The number of hydrogen-bond acceptors (Lipinski definition) is 2. The lowest BCUT2D eigenvalue weighted by Gasteiger charge is -2.55. The molecule has 148 valence electrons. The number of unbranched alkanes of at least 4 members (excludes halogenated alkanes) is 4. The molecule has 3 heteroatoms. The van der Waals surface area contributed by atoms with Crippen molar-refractivity contribution in [1.82, 2.24) is 0 Å². The molecule has 1 amide bonds. The molecule has 0 heterocycles. The van der Waals surface area contributed by atoms with Crippen molar-refractivity contribution >= 4 is 11.6 Å². The summed E-state index contributed by atoms with van der Waals surface area (Å²) in [5.74, 6) is 3.52. The largest absolute Gasteiger partial charge is 0.494 e. The molecule has 1 aromatic carbocycles. The minimum atomic E-state index is -0.0924. The highest BCUT2D eigenvalue weighted by Crippen LogP contribution is 2.60. The van der Waals surface area contributed by atoms with Crippen LogP contribution in [0.25, 0.3) is 0 Å². The highest BCUT2D eigenvalue weighted by molar-refractivity contribution is 5.95. The van der Waals surface area contributed by atoms with Gasteiger partial charge >= 0.3 is 0 Å². The molecule has 0 spiro atoms. The van der Waals surface area contributed by atoms with E-state index in [2.05, 4.69) is 12.2 Å². The number of carbonyl (C=O) groups excluding carboxylic acids is 1. The first-order valence-corrected chi connectivity index (χ1v) is 11.2. The van der Waals surface area contributed by atoms with Crippen LogP contribution in [0, 0.1) is 23.2 Å². The maximum atomic E-state index is 13.2. The number of anilines is 1. The van der Waals surface area contributed by atoms with Crippen LogP contribution in [0.2, 0.25) is 0 Å². The maximum Gasteiger partial charge on any atom is 0.230 e. The van der Waals surface area contributed by atoms with Gasteiger partial charge < -0.3 is 10.1 Å². The minimum absolute atomic E-state index is 0.0924. The molecule has 0 aromatic heterocycles. The van der Waals surface area contributed by atoms with Gasteiger partial charge in [-0.3, -0.25) is 4.79 Å². The van der Waals surface area contributed by atoms with E-state index in [1.54, 1.807) is 0 Å². The molecule has 1 aromatic rings. The van der Waals surface area contributed by atoms with Gasteiger partial charge in [0.05, 0.1) is 12.0 Å². The smallest absolute Gasteiger partial charge is 0.230 e. The second kappa shape index (κ2) is 8.24. The molecule has 5 rings (SSSR count). The number of carbonyl (C=O) groups is 1. The number of amides is 1. The molecule has 4 aliphatic carbocycles. The normalized spacial score (nSPS) is 31.1. The number of hydrogen-bond donors (Lipinski definition) is 1. The molecular weight excluding hydrogens is 334 g/mol. The summed E-state index contributed by atoms with van der Waals surface area (Å²) in [5.41, 5.74) is 0.796. The summed E-state index contributed by atoms with van der Waals surface area (Å²) in [6, 6.07) is 7.96. The summed E-state index contributed by atoms with van der Waals surface area (Å²) in [7, 11) is 0. The number of nitrogens with one attached hydrogen (secondary N) is 1. The molecular formula is C24H35NO2. The summed E-state index contributed by atoms with van der Waals surface area (Å²) >= 11 is 0. The van der Waals surface area contributed by atoms with E-state index in [4.69, 9.17) is 4.74 Å². The van der Waals surface area contributed by atoms with Gasteiger partial charge in [-0.2, -0.15) is 0 Å². The van der Waals surface area contributed by atoms with Crippen LogP contribution >= 0.6 is 0 Å². The Morgan fingerprint density at radius 3 is 2.37 bits per heavy atom. The van der Waals surface area contributed by atoms with Gasteiger partial charge in [0.1, 0.15) is 5.75 Å². The van der Waals surface area contributed by atoms with Crippen molar-refractivity contribution in [2.75, 3.05) is 11.9 Å². The van der Waals surface area contributed by atoms with Crippen LogP contribution in [0.1, 0.15) is 77.6 Å². The molecule has 0 unspecified atom stereocenters. The molecule has 1 N–H and O–H groups in total. The lowest BCUT2D eigenvalue weighted by atomic mass is 9.49. The Morgan fingerprint density at radius 2 is 1.70 bits per heavy atom. The lowest BCUT2D eigenvalue weighted by Crippen LogP contribution is -2.51. The highest BCUT2D eigenvalue weighted by atomic mass is 16.5. The summed E-state index contributed by atoms with van der Waals surface area (Å²) in [4.78, 5) is 13.2. The van der Waals surface area contributed by atoms with Gasteiger partial charge in [-0.05, 0) is 74.8 Å². The van der Waals surface area contributed by atoms with Crippen LogP contribution in [0.5, 0.6) is 5.75 Å². The van der Waals surface area contributed by atoms with E-state index in [9.17, 15) is 4.79 Å². The Balaban J connectivity index is 1.31. The van der Waals surface area contributed by atoms with E-state index < -0.39 is 0 Å². The van der Waals surface area contributed by atoms with Gasteiger partial charge in [0.2, 0.25) is 5.91 Å². The third-order valence-electron chi connectivity index (χ3n) is 7.13. The van der Waals surface area contributed by atoms with E-state index >= 15 is 0 Å². The second-order valence-corrected chi connectivity index (χ2v) is 9.44. The highest BCUT2D eigenvalue weighted by Gasteiger charge is 2.54. The van der Waals surface area contributed by atoms with Crippen molar-refractivity contribution in [2.45, 2.75) is 77.6 Å². The quantitative estimate of drug-likeness (QED) is 0.527. The molecule has 0 saturated heterocycles. The van der Waals surface area contributed by atoms with Crippen LogP contribution in [0.3, 0.4) is 0 Å². The van der Waals surface area contributed by atoms with Gasteiger partial charge in [-0.25, -0.2) is 0 Å². The number of benzene rings is 1. The molecule has 4 aliphatic rings. The van der Waals surface area contributed by atoms with Gasteiger partial charge in [0.25, 0.3) is 0 Å². The molecule has 0 radical (unpaired) electrons. The monoisotopic (exact) mass is 369 g/mol. The molecule has 4 fully saturated rings. The van der Waals surface area contributed by atoms with E-state index in [-0.39, 0.29) is 11.3 Å². The summed E-state index contributed by atoms with van der Waals surface area (Å²) in [6.07, 6.45) is 13.6. The Bertz CT molecular complexity index is 618. The molecule has 3 nitrogen and oxygen atoms in total. The zero-order valence-electron chi connectivity index (χ0n) is 16.8. The fraction of sp³-hybridized carbons (Fsp3) is 0.708. The van der Waals surface area contributed by atoms with Crippen LogP contribution in [0.15, 0.2) is 24.3 Å². The SMILES string of the molecule is CCCCCCCOc1cccc(NC(=O)C23CC4CC(CC(C4)C2)C3)c1. The molecule has 0 aliphatic heterocycles. The summed E-state index contributed by atoms with van der Waals surface area (Å²) < 4.78 is 5.91. The average Bonchev–Trinajstić information content (AvgIpc) is 2.64. The minimum Gasteiger partial charge on any atom is -0.494 e. The van der Waals surface area contributed by atoms with E-state index in [0.29, 0.717) is 0 Å². The first-order chi connectivity index (χ1) is 13.2. The summed E-state index contributed by atoms with van der Waals surface area (Å²) in [6.45, 7) is 3.00. The van der Waals surface area contributed by atoms with Crippen molar-refractivity contribution in [3.63, 3.8) is 0 Å². The van der Waals surface area contributed by atoms with Crippen LogP contribution in [-0.2, 0) is 4.79 Å². The molecule has 4 saturated carbocycles. The van der Waals surface area contributed by atoms with Gasteiger partial charge in [-0.1, -0.05) is 38.7 Å². The van der Waals surface area contributed by atoms with Crippen molar-refractivity contribution in [3.05, 3.63) is 24.3 Å². The van der Waals surface area contributed by atoms with Crippen LogP contribution < -0.4 is 10.1 Å². The standard InChI is InChI=1S/C24H35NO2/c1-2-3-4-5-6-10-27-22-9-7-8-21(14-22)25-23(26)24-15-18-11-19(16-24)13-20(12-18)17-24/h7-9,14,18-20H,2-6,10-13,15-17H2,1H3,(H,25,26). The van der Waals surface area contributed by atoms with Crippen LogP contribution in [0.4, 0.5) is 5.69 Å². The zero-order chi connectivity index (χ0) is 18.7. The predicted molar refractivity (Wildman–Crippen MR) is 110 cm³/mol. The Morgan fingerprint density at radius 1 is 1.04 bits per heavy atom. The second-order valence-electron chi connectivity index (χ2n) is 9.44. The molecule has 4 bridgehead atoms. The molecule has 0 atom stereocenters. The topological polar surface area (TPSA) is 38.3 Å². The number of ether oxygens (including phenoxy) is 1. The third-order valence-corrected chi connectivity index (χ3v) is 7.13. The Labute approximate surface area is 164 Å². The average molecular weight is 370 g/mol. The molecule has 27 heavy (non-hydrogen) atoms. The Kier molecular flexibility index (Phi) is 5.75. The van der Waals surface area contributed by atoms with Crippen molar-refractivity contribution in [1.29, 1.82) is 0 Å². The number of rotatable bonds is 9.